The summed E-state index contributed by atoms with van der Waals surface area (Å²) in [4.78, 5) is 25.6. The molecule has 7 heteroatoms. The zero-order valence-corrected chi connectivity index (χ0v) is 18.1. The van der Waals surface area contributed by atoms with Crippen LogP contribution in [0.25, 0.3) is 11.3 Å². The number of amides is 2. The summed E-state index contributed by atoms with van der Waals surface area (Å²) in [7, 11) is 1.65. The van der Waals surface area contributed by atoms with Crippen molar-refractivity contribution in [1.82, 2.24) is 14.9 Å². The van der Waals surface area contributed by atoms with E-state index in [4.69, 9.17) is 4.74 Å². The standard InChI is InChI=1S/C24H27N5O2/c1-17-7-8-20(13-18(17)2)27-24(30)29-11-9-28(10-12-29)23-15-22(25-16-26-23)19-5-4-6-21(14-19)31-3/h4-8,13-16H,9-12H2,1-3H3,(H,27,30). The molecule has 1 aliphatic rings. The van der Waals surface area contributed by atoms with Crippen molar-refractivity contribution in [2.75, 3.05) is 43.5 Å². The number of nitrogens with zero attached hydrogens (tertiary/aromatic N) is 4. The highest BCUT2D eigenvalue weighted by atomic mass is 16.5. The van der Waals surface area contributed by atoms with E-state index in [0.29, 0.717) is 13.1 Å². The smallest absolute Gasteiger partial charge is 0.321 e. The van der Waals surface area contributed by atoms with E-state index < -0.39 is 0 Å². The Hall–Kier alpha value is -3.61. The molecule has 2 heterocycles. The Morgan fingerprint density at radius 1 is 0.968 bits per heavy atom. The number of methoxy groups -OCH3 is 1. The number of nitrogens with one attached hydrogen (secondary N) is 1. The van der Waals surface area contributed by atoms with E-state index in [1.807, 2.05) is 60.4 Å². The highest BCUT2D eigenvalue weighted by Gasteiger charge is 2.22. The molecular weight excluding hydrogens is 390 g/mol. The first-order valence-electron chi connectivity index (χ1n) is 10.4. The van der Waals surface area contributed by atoms with Gasteiger partial charge in [0.15, 0.2) is 0 Å². The van der Waals surface area contributed by atoms with Crippen LogP contribution in [0.4, 0.5) is 16.3 Å². The number of ether oxygens (including phenoxy) is 1. The first kappa shape index (κ1) is 20.7. The minimum absolute atomic E-state index is 0.0670. The third kappa shape index (κ3) is 4.77. The molecule has 1 fully saturated rings. The highest BCUT2D eigenvalue weighted by molar-refractivity contribution is 5.89. The minimum atomic E-state index is -0.0670. The number of urea groups is 1. The monoisotopic (exact) mass is 417 g/mol. The lowest BCUT2D eigenvalue weighted by molar-refractivity contribution is 0.208. The topological polar surface area (TPSA) is 70.6 Å². The van der Waals surface area contributed by atoms with E-state index in [1.54, 1.807) is 13.4 Å². The second-order valence-electron chi connectivity index (χ2n) is 7.70. The number of carbonyl (C=O) groups excluding carboxylic acids is 1. The van der Waals surface area contributed by atoms with Gasteiger partial charge in [-0.1, -0.05) is 18.2 Å². The number of benzene rings is 2. The largest absolute Gasteiger partial charge is 0.497 e. The van der Waals surface area contributed by atoms with Gasteiger partial charge in [0, 0.05) is 43.5 Å². The third-order valence-corrected chi connectivity index (χ3v) is 5.67. The summed E-state index contributed by atoms with van der Waals surface area (Å²) < 4.78 is 5.31. The Labute approximate surface area is 182 Å². The molecule has 1 saturated heterocycles. The van der Waals surface area contributed by atoms with Crippen LogP contribution >= 0.6 is 0 Å². The fourth-order valence-electron chi connectivity index (χ4n) is 3.62. The molecular formula is C24H27N5O2. The molecule has 0 aliphatic carbocycles. The van der Waals surface area contributed by atoms with Crippen molar-refractivity contribution < 1.29 is 9.53 Å². The van der Waals surface area contributed by atoms with Crippen LogP contribution in [0.5, 0.6) is 5.75 Å². The van der Waals surface area contributed by atoms with E-state index in [2.05, 4.69) is 27.1 Å². The lowest BCUT2D eigenvalue weighted by Gasteiger charge is -2.35. The van der Waals surface area contributed by atoms with Gasteiger partial charge in [-0.3, -0.25) is 0 Å². The highest BCUT2D eigenvalue weighted by Crippen LogP contribution is 2.25. The molecule has 0 atom stereocenters. The van der Waals surface area contributed by atoms with Gasteiger partial charge in [-0.05, 0) is 49.2 Å². The lowest BCUT2D eigenvalue weighted by Crippen LogP contribution is -2.50. The molecule has 1 aromatic heterocycles. The predicted molar refractivity (Wildman–Crippen MR) is 123 cm³/mol. The molecule has 31 heavy (non-hydrogen) atoms. The van der Waals surface area contributed by atoms with Crippen LogP contribution in [-0.2, 0) is 0 Å². The normalized spacial score (nSPS) is 13.8. The maximum absolute atomic E-state index is 12.7. The average Bonchev–Trinajstić information content (AvgIpc) is 2.81. The third-order valence-electron chi connectivity index (χ3n) is 5.67. The number of piperazine rings is 1. The van der Waals surface area contributed by atoms with Gasteiger partial charge in [0.2, 0.25) is 0 Å². The van der Waals surface area contributed by atoms with Gasteiger partial charge in [-0.2, -0.15) is 0 Å². The molecule has 1 N–H and O–H groups in total. The van der Waals surface area contributed by atoms with Gasteiger partial charge >= 0.3 is 6.03 Å². The van der Waals surface area contributed by atoms with Crippen LogP contribution in [-0.4, -0.2) is 54.2 Å². The Morgan fingerprint density at radius 2 is 1.77 bits per heavy atom. The zero-order chi connectivity index (χ0) is 21.8. The fraction of sp³-hybridized carbons (Fsp3) is 0.292. The summed E-state index contributed by atoms with van der Waals surface area (Å²) in [6.07, 6.45) is 1.59. The van der Waals surface area contributed by atoms with Gasteiger partial charge < -0.3 is 19.9 Å². The quantitative estimate of drug-likeness (QED) is 0.691. The van der Waals surface area contributed by atoms with E-state index in [1.165, 1.54) is 11.1 Å². The van der Waals surface area contributed by atoms with E-state index in [0.717, 1.165) is 41.6 Å². The van der Waals surface area contributed by atoms with Crippen LogP contribution in [0.2, 0.25) is 0 Å². The SMILES string of the molecule is COc1cccc(-c2cc(N3CCN(C(=O)Nc4ccc(C)c(C)c4)CC3)ncn2)c1. The van der Waals surface area contributed by atoms with Crippen LogP contribution in [0, 0.1) is 13.8 Å². The summed E-state index contributed by atoms with van der Waals surface area (Å²) in [6, 6.07) is 15.7. The molecule has 0 bridgehead atoms. The van der Waals surface area contributed by atoms with Gasteiger partial charge in [-0.25, -0.2) is 14.8 Å². The molecule has 160 valence electrons. The second-order valence-corrected chi connectivity index (χ2v) is 7.70. The van der Waals surface area contributed by atoms with Crippen molar-refractivity contribution in [2.45, 2.75) is 13.8 Å². The van der Waals surface area contributed by atoms with E-state index in [9.17, 15) is 4.79 Å². The van der Waals surface area contributed by atoms with Crippen LogP contribution < -0.4 is 15.0 Å². The molecule has 0 saturated carbocycles. The van der Waals surface area contributed by atoms with Crippen molar-refractivity contribution in [2.24, 2.45) is 0 Å². The number of aromatic nitrogens is 2. The molecule has 0 unspecified atom stereocenters. The Balaban J connectivity index is 1.39. The van der Waals surface area contributed by atoms with Crippen LogP contribution in [0.3, 0.4) is 0 Å². The Kier molecular flexibility index (Phi) is 6.02. The molecule has 7 nitrogen and oxygen atoms in total. The number of rotatable bonds is 4. The molecule has 1 aliphatic heterocycles. The number of aryl methyl sites for hydroxylation is 2. The molecule has 2 aromatic carbocycles. The van der Waals surface area contributed by atoms with Crippen molar-refractivity contribution in [3.05, 3.63) is 66.0 Å². The second kappa shape index (κ2) is 9.04. The molecule has 4 rings (SSSR count). The Morgan fingerprint density at radius 3 is 2.52 bits per heavy atom. The first-order chi connectivity index (χ1) is 15.0. The number of carbonyl (C=O) groups is 1. The van der Waals surface area contributed by atoms with E-state index in [-0.39, 0.29) is 6.03 Å². The van der Waals surface area contributed by atoms with Crippen molar-refractivity contribution >= 4 is 17.5 Å². The summed E-state index contributed by atoms with van der Waals surface area (Å²) in [5.41, 5.74) is 5.03. The number of anilines is 2. The van der Waals surface area contributed by atoms with Crippen molar-refractivity contribution in [3.8, 4) is 17.0 Å². The number of hydrogen-bond donors (Lipinski definition) is 1. The molecule has 2 amide bonds. The van der Waals surface area contributed by atoms with Gasteiger partial charge in [0.25, 0.3) is 0 Å². The summed E-state index contributed by atoms with van der Waals surface area (Å²) in [5.74, 6) is 1.66. The zero-order valence-electron chi connectivity index (χ0n) is 18.1. The van der Waals surface area contributed by atoms with Gasteiger partial charge in [0.05, 0.1) is 12.8 Å². The Bertz CT molecular complexity index is 1080. The van der Waals surface area contributed by atoms with E-state index >= 15 is 0 Å². The number of hydrogen-bond acceptors (Lipinski definition) is 5. The van der Waals surface area contributed by atoms with Crippen LogP contribution in [0.1, 0.15) is 11.1 Å². The minimum Gasteiger partial charge on any atom is -0.497 e. The molecule has 0 spiro atoms. The van der Waals surface area contributed by atoms with Crippen LogP contribution in [0.15, 0.2) is 54.9 Å². The lowest BCUT2D eigenvalue weighted by atomic mass is 10.1. The molecule has 3 aromatic rings. The molecule has 0 radical (unpaired) electrons. The van der Waals surface area contributed by atoms with Crippen molar-refractivity contribution in [1.29, 1.82) is 0 Å². The predicted octanol–water partition coefficient (Wildman–Crippen LogP) is 4.12. The average molecular weight is 418 g/mol. The van der Waals surface area contributed by atoms with Crippen molar-refractivity contribution in [3.63, 3.8) is 0 Å². The summed E-state index contributed by atoms with van der Waals surface area (Å²) >= 11 is 0. The summed E-state index contributed by atoms with van der Waals surface area (Å²) in [6.45, 7) is 6.81. The maximum Gasteiger partial charge on any atom is 0.321 e. The first-order valence-corrected chi connectivity index (χ1v) is 10.4. The fourth-order valence-corrected chi connectivity index (χ4v) is 3.62. The van der Waals surface area contributed by atoms with Gasteiger partial charge in [-0.15, -0.1) is 0 Å². The summed E-state index contributed by atoms with van der Waals surface area (Å²) in [5, 5.41) is 3.01. The van der Waals surface area contributed by atoms with Gasteiger partial charge in [0.1, 0.15) is 17.9 Å². The maximum atomic E-state index is 12.7.